The number of ether oxygens (including phenoxy) is 1. The molecule has 9 heteroatoms. The Morgan fingerprint density at radius 3 is 2.74 bits per heavy atom. The Morgan fingerprint density at radius 2 is 1.96 bits per heavy atom. The number of nitrogens with zero attached hydrogens (tertiary/aromatic N) is 2. The first-order valence-corrected chi connectivity index (χ1v) is 9.08. The quantitative estimate of drug-likeness (QED) is 0.584. The van der Waals surface area contributed by atoms with Crippen molar-refractivity contribution in [2.75, 3.05) is 18.5 Å². The highest BCUT2D eigenvalue weighted by atomic mass is 32.1. The fourth-order valence-corrected chi connectivity index (χ4v) is 2.84. The van der Waals surface area contributed by atoms with Gasteiger partial charge in [0.25, 0.3) is 5.91 Å². The molecule has 0 saturated heterocycles. The summed E-state index contributed by atoms with van der Waals surface area (Å²) in [5.74, 6) is 0.250. The number of hydrogen-bond donors (Lipinski definition) is 2. The highest BCUT2D eigenvalue weighted by molar-refractivity contribution is 7.13. The second kappa shape index (κ2) is 9.60. The molecule has 0 atom stereocenters. The molecule has 0 unspecified atom stereocenters. The first-order valence-electron chi connectivity index (χ1n) is 8.26. The van der Waals surface area contributed by atoms with Crippen LogP contribution in [0.3, 0.4) is 0 Å². The Morgan fingerprint density at radius 1 is 1.11 bits per heavy atom. The van der Waals surface area contributed by atoms with Crippen LogP contribution in [0.2, 0.25) is 0 Å². The van der Waals surface area contributed by atoms with E-state index < -0.39 is 0 Å². The second-order valence-corrected chi connectivity index (χ2v) is 6.56. The molecule has 27 heavy (non-hydrogen) atoms. The van der Waals surface area contributed by atoms with Crippen molar-refractivity contribution in [2.45, 2.75) is 13.0 Å². The van der Waals surface area contributed by atoms with E-state index in [4.69, 9.17) is 9.15 Å². The van der Waals surface area contributed by atoms with Gasteiger partial charge in [-0.3, -0.25) is 9.59 Å². The monoisotopic (exact) mass is 386 g/mol. The number of amides is 2. The molecule has 0 radical (unpaired) electrons. The highest BCUT2D eigenvalue weighted by Gasteiger charge is 2.13. The van der Waals surface area contributed by atoms with Crippen molar-refractivity contribution in [3.8, 4) is 0 Å². The summed E-state index contributed by atoms with van der Waals surface area (Å²) in [6.45, 7) is 0.490. The summed E-state index contributed by atoms with van der Waals surface area (Å²) in [7, 11) is 0. The van der Waals surface area contributed by atoms with Crippen LogP contribution in [-0.4, -0.2) is 35.2 Å². The van der Waals surface area contributed by atoms with Gasteiger partial charge in [-0.2, -0.15) is 0 Å². The molecule has 140 valence electrons. The van der Waals surface area contributed by atoms with E-state index in [1.807, 2.05) is 24.3 Å². The second-order valence-electron chi connectivity index (χ2n) is 5.49. The van der Waals surface area contributed by atoms with Crippen LogP contribution in [0.25, 0.3) is 0 Å². The van der Waals surface area contributed by atoms with Crippen LogP contribution in [0.15, 0.2) is 53.1 Å². The number of carbonyl (C=O) groups is 2. The number of carbonyl (C=O) groups excluding carboxylic acids is 2. The molecule has 0 fully saturated rings. The summed E-state index contributed by atoms with van der Waals surface area (Å²) in [5.41, 5.74) is 0.682. The topological polar surface area (TPSA) is 106 Å². The molecule has 0 spiro atoms. The molecule has 1 aromatic carbocycles. The molecule has 3 rings (SSSR count). The van der Waals surface area contributed by atoms with Crippen molar-refractivity contribution < 1.29 is 18.7 Å². The Balaban J connectivity index is 1.36. The van der Waals surface area contributed by atoms with Crippen molar-refractivity contribution in [2.24, 2.45) is 0 Å². The maximum atomic E-state index is 12.1. The van der Waals surface area contributed by atoms with Gasteiger partial charge in [0.2, 0.25) is 10.9 Å². The van der Waals surface area contributed by atoms with Crippen LogP contribution in [0, 0.1) is 0 Å². The van der Waals surface area contributed by atoms with Crippen molar-refractivity contribution in [1.29, 1.82) is 0 Å². The van der Waals surface area contributed by atoms with Crippen LogP contribution in [0.1, 0.15) is 20.6 Å². The zero-order chi connectivity index (χ0) is 18.9. The summed E-state index contributed by atoms with van der Waals surface area (Å²) in [6.07, 6.45) is 2.21. The molecule has 2 amide bonds. The van der Waals surface area contributed by atoms with Gasteiger partial charge in [0.15, 0.2) is 0 Å². The van der Waals surface area contributed by atoms with Gasteiger partial charge in [-0.25, -0.2) is 0 Å². The third kappa shape index (κ3) is 6.01. The van der Waals surface area contributed by atoms with Crippen LogP contribution in [0.4, 0.5) is 5.69 Å². The van der Waals surface area contributed by atoms with E-state index in [-0.39, 0.29) is 30.0 Å². The van der Waals surface area contributed by atoms with E-state index in [0.29, 0.717) is 23.7 Å². The number of aromatic nitrogens is 2. The first kappa shape index (κ1) is 18.7. The largest absolute Gasteiger partial charge is 0.469 e. The number of benzene rings is 1. The minimum absolute atomic E-state index is 0.0940. The number of nitrogens with one attached hydrogen (secondary N) is 2. The Hall–Kier alpha value is -3.04. The normalized spacial score (nSPS) is 10.5. The Kier molecular flexibility index (Phi) is 6.66. The predicted octanol–water partition coefficient (Wildman–Crippen LogP) is 2.26. The third-order valence-corrected chi connectivity index (χ3v) is 4.32. The molecule has 0 aliphatic heterocycles. The third-order valence-electron chi connectivity index (χ3n) is 3.43. The highest BCUT2D eigenvalue weighted by Crippen LogP contribution is 2.13. The molecule has 2 heterocycles. The summed E-state index contributed by atoms with van der Waals surface area (Å²) in [4.78, 5) is 23.8. The number of rotatable bonds is 9. The van der Waals surface area contributed by atoms with Crippen LogP contribution in [0.5, 0.6) is 0 Å². The van der Waals surface area contributed by atoms with Gasteiger partial charge in [-0.05, 0) is 24.3 Å². The molecule has 3 aromatic rings. The van der Waals surface area contributed by atoms with Gasteiger partial charge in [0, 0.05) is 18.7 Å². The summed E-state index contributed by atoms with van der Waals surface area (Å²) in [6, 6.07) is 12.7. The van der Waals surface area contributed by atoms with E-state index in [9.17, 15) is 9.59 Å². The minimum atomic E-state index is -0.333. The Labute approximate surface area is 159 Å². The van der Waals surface area contributed by atoms with Gasteiger partial charge < -0.3 is 19.8 Å². The van der Waals surface area contributed by atoms with Gasteiger partial charge >= 0.3 is 0 Å². The number of furan rings is 1. The van der Waals surface area contributed by atoms with Crippen molar-refractivity contribution in [3.05, 3.63) is 64.5 Å². The van der Waals surface area contributed by atoms with E-state index in [0.717, 1.165) is 17.1 Å². The summed E-state index contributed by atoms with van der Waals surface area (Å²) >= 11 is 1.12. The number of hydrogen-bond acceptors (Lipinski definition) is 7. The van der Waals surface area contributed by atoms with E-state index in [1.165, 1.54) is 0 Å². The number of para-hydroxylation sites is 1. The molecule has 0 saturated carbocycles. The van der Waals surface area contributed by atoms with Gasteiger partial charge in [-0.1, -0.05) is 29.5 Å². The van der Waals surface area contributed by atoms with Gasteiger partial charge in [0.1, 0.15) is 24.0 Å². The van der Waals surface area contributed by atoms with E-state index in [2.05, 4.69) is 20.8 Å². The lowest BCUT2D eigenvalue weighted by Gasteiger charge is -2.04. The zero-order valence-corrected chi connectivity index (χ0v) is 15.2. The van der Waals surface area contributed by atoms with E-state index in [1.54, 1.807) is 24.5 Å². The summed E-state index contributed by atoms with van der Waals surface area (Å²) < 4.78 is 10.5. The molecule has 0 bridgehead atoms. The van der Waals surface area contributed by atoms with E-state index >= 15 is 0 Å². The number of anilines is 1. The molecular formula is C18H18N4O4S. The molecule has 2 aromatic heterocycles. The van der Waals surface area contributed by atoms with Crippen LogP contribution >= 0.6 is 11.3 Å². The zero-order valence-electron chi connectivity index (χ0n) is 14.4. The first-order chi connectivity index (χ1) is 13.2. The molecule has 2 N–H and O–H groups in total. The Bertz CT molecular complexity index is 865. The van der Waals surface area contributed by atoms with Crippen LogP contribution < -0.4 is 10.6 Å². The average Bonchev–Trinajstić information content (AvgIpc) is 3.35. The average molecular weight is 386 g/mol. The van der Waals surface area contributed by atoms with Gasteiger partial charge in [-0.15, -0.1) is 10.2 Å². The molecule has 0 aliphatic carbocycles. The lowest BCUT2D eigenvalue weighted by molar-refractivity contribution is -0.126. The smallest absolute Gasteiger partial charge is 0.286 e. The SMILES string of the molecule is O=C(COCc1nnc(C(=O)Nc2ccccc2)s1)NCCc1ccco1. The maximum absolute atomic E-state index is 12.1. The minimum Gasteiger partial charge on any atom is -0.469 e. The fraction of sp³-hybridized carbons (Fsp3) is 0.222. The molecule has 0 aliphatic rings. The van der Waals surface area contributed by atoms with Crippen molar-refractivity contribution in [3.63, 3.8) is 0 Å². The lowest BCUT2D eigenvalue weighted by Crippen LogP contribution is -2.29. The predicted molar refractivity (Wildman–Crippen MR) is 99.4 cm³/mol. The summed E-state index contributed by atoms with van der Waals surface area (Å²) in [5, 5.41) is 14.0. The molecular weight excluding hydrogens is 368 g/mol. The van der Waals surface area contributed by atoms with Crippen molar-refractivity contribution >= 4 is 28.8 Å². The van der Waals surface area contributed by atoms with Gasteiger partial charge in [0.05, 0.1) is 6.26 Å². The molecule has 8 nitrogen and oxygen atoms in total. The standard InChI is InChI=1S/C18H18N4O4S/c23-15(19-9-8-14-7-4-10-26-14)11-25-12-16-21-22-18(27-16)17(24)20-13-5-2-1-3-6-13/h1-7,10H,8-9,11-12H2,(H,19,23)(H,20,24). The fourth-order valence-electron chi connectivity index (χ4n) is 2.17. The van der Waals surface area contributed by atoms with Crippen molar-refractivity contribution in [1.82, 2.24) is 15.5 Å². The maximum Gasteiger partial charge on any atom is 0.286 e. The lowest BCUT2D eigenvalue weighted by atomic mass is 10.3. The van der Waals surface area contributed by atoms with Crippen LogP contribution in [-0.2, 0) is 22.6 Å².